The summed E-state index contributed by atoms with van der Waals surface area (Å²) in [6.45, 7) is 2.89. The number of thiophene rings is 1. The van der Waals surface area contributed by atoms with Gasteiger partial charge in [0.25, 0.3) is 0 Å². The van der Waals surface area contributed by atoms with E-state index in [1.54, 1.807) is 6.07 Å². The van der Waals surface area contributed by atoms with Crippen LogP contribution in [0.4, 0.5) is 0 Å². The van der Waals surface area contributed by atoms with Crippen LogP contribution in [0.25, 0.3) is 0 Å². The predicted octanol–water partition coefficient (Wildman–Crippen LogP) is 2.32. The van der Waals surface area contributed by atoms with Crippen molar-refractivity contribution in [3.63, 3.8) is 0 Å². The van der Waals surface area contributed by atoms with Crippen LogP contribution in [-0.2, 0) is 16.6 Å². The van der Waals surface area contributed by atoms with E-state index in [0.717, 1.165) is 24.8 Å². The highest BCUT2D eigenvalue weighted by Gasteiger charge is 2.25. The largest absolute Gasteiger partial charge is 0.316 e. The number of sulfonamides is 1. The Morgan fingerprint density at radius 3 is 2.89 bits per heavy atom. The van der Waals surface area contributed by atoms with Gasteiger partial charge >= 0.3 is 0 Å². The topological polar surface area (TPSA) is 58.2 Å². The molecule has 1 aromatic heterocycles. The number of hydrogen-bond donors (Lipinski definition) is 2. The van der Waals surface area contributed by atoms with E-state index in [0.29, 0.717) is 16.7 Å². The zero-order valence-corrected chi connectivity index (χ0v) is 13.1. The van der Waals surface area contributed by atoms with Crippen molar-refractivity contribution < 1.29 is 8.42 Å². The Balaban J connectivity index is 2.04. The Hall–Kier alpha value is -0.430. The fraction of sp³-hybridized carbons (Fsp3) is 0.692. The molecule has 1 saturated carbocycles. The van der Waals surface area contributed by atoms with E-state index in [-0.39, 0.29) is 6.04 Å². The van der Waals surface area contributed by atoms with Crippen molar-refractivity contribution in [1.29, 1.82) is 0 Å². The Kier molecular flexibility index (Phi) is 5.00. The van der Waals surface area contributed by atoms with Gasteiger partial charge in [0.05, 0.1) is 0 Å². The lowest BCUT2D eigenvalue weighted by Crippen LogP contribution is -2.37. The molecule has 6 heteroatoms. The first kappa shape index (κ1) is 15.0. The lowest BCUT2D eigenvalue weighted by atomic mass is 9.88. The zero-order chi connectivity index (χ0) is 13.9. The van der Waals surface area contributed by atoms with Crippen molar-refractivity contribution >= 4 is 21.4 Å². The molecule has 108 valence electrons. The van der Waals surface area contributed by atoms with Gasteiger partial charge in [-0.3, -0.25) is 0 Å². The fourth-order valence-electron chi connectivity index (χ4n) is 2.61. The van der Waals surface area contributed by atoms with Crippen LogP contribution in [0.2, 0.25) is 0 Å². The van der Waals surface area contributed by atoms with Gasteiger partial charge in [-0.05, 0) is 42.8 Å². The SMILES string of the molecule is CNCc1csc(S(=O)(=O)NC2CCCC(C)C2)c1. The summed E-state index contributed by atoms with van der Waals surface area (Å²) in [4.78, 5) is 0. The van der Waals surface area contributed by atoms with Crippen LogP contribution in [0.15, 0.2) is 15.7 Å². The Labute approximate surface area is 119 Å². The molecule has 0 amide bonds. The van der Waals surface area contributed by atoms with Crippen LogP contribution in [0.5, 0.6) is 0 Å². The summed E-state index contributed by atoms with van der Waals surface area (Å²) in [6.07, 6.45) is 4.24. The Morgan fingerprint density at radius 1 is 1.42 bits per heavy atom. The van der Waals surface area contributed by atoms with Gasteiger partial charge in [0, 0.05) is 12.6 Å². The lowest BCUT2D eigenvalue weighted by molar-refractivity contribution is 0.327. The predicted molar refractivity (Wildman–Crippen MR) is 78.8 cm³/mol. The Morgan fingerprint density at radius 2 is 2.21 bits per heavy atom. The van der Waals surface area contributed by atoms with Gasteiger partial charge in [-0.2, -0.15) is 0 Å². The number of rotatable bonds is 5. The second kappa shape index (κ2) is 6.35. The molecule has 1 fully saturated rings. The molecular formula is C13H22N2O2S2. The molecule has 2 unspecified atom stereocenters. The maximum Gasteiger partial charge on any atom is 0.250 e. The minimum Gasteiger partial charge on any atom is -0.316 e. The molecule has 0 radical (unpaired) electrons. The van der Waals surface area contributed by atoms with Gasteiger partial charge in [0.1, 0.15) is 4.21 Å². The third-order valence-corrected chi connectivity index (χ3v) is 6.54. The molecule has 1 aromatic rings. The highest BCUT2D eigenvalue weighted by atomic mass is 32.2. The Bertz CT molecular complexity index is 510. The van der Waals surface area contributed by atoms with E-state index in [2.05, 4.69) is 17.0 Å². The molecule has 0 aromatic carbocycles. The molecule has 0 aliphatic heterocycles. The second-order valence-electron chi connectivity index (χ2n) is 5.39. The maximum absolute atomic E-state index is 12.3. The van der Waals surface area contributed by atoms with Crippen LogP contribution in [0.1, 0.15) is 38.2 Å². The molecule has 4 nitrogen and oxygen atoms in total. The van der Waals surface area contributed by atoms with Crippen molar-refractivity contribution in [2.45, 2.75) is 49.4 Å². The molecule has 1 heterocycles. The van der Waals surface area contributed by atoms with E-state index in [4.69, 9.17) is 0 Å². The average molecular weight is 302 g/mol. The monoisotopic (exact) mass is 302 g/mol. The molecule has 1 aliphatic rings. The summed E-state index contributed by atoms with van der Waals surface area (Å²) in [5.41, 5.74) is 1.02. The normalized spacial score (nSPS) is 24.5. The molecule has 0 bridgehead atoms. The van der Waals surface area contributed by atoms with Crippen LogP contribution < -0.4 is 10.0 Å². The van der Waals surface area contributed by atoms with Gasteiger partial charge < -0.3 is 5.32 Å². The molecular weight excluding hydrogens is 280 g/mol. The van der Waals surface area contributed by atoms with E-state index in [9.17, 15) is 8.42 Å². The van der Waals surface area contributed by atoms with Crippen LogP contribution in [0, 0.1) is 5.92 Å². The molecule has 0 spiro atoms. The van der Waals surface area contributed by atoms with Crippen molar-refractivity contribution in [2.75, 3.05) is 7.05 Å². The van der Waals surface area contributed by atoms with Crippen LogP contribution in [-0.4, -0.2) is 21.5 Å². The summed E-state index contributed by atoms with van der Waals surface area (Å²) in [5, 5.41) is 4.92. The van der Waals surface area contributed by atoms with Crippen LogP contribution >= 0.6 is 11.3 Å². The molecule has 0 saturated heterocycles. The lowest BCUT2D eigenvalue weighted by Gasteiger charge is -2.26. The smallest absolute Gasteiger partial charge is 0.250 e. The number of hydrogen-bond acceptors (Lipinski definition) is 4. The van der Waals surface area contributed by atoms with Crippen molar-refractivity contribution in [3.05, 3.63) is 17.0 Å². The van der Waals surface area contributed by atoms with E-state index >= 15 is 0 Å². The number of nitrogens with one attached hydrogen (secondary N) is 2. The third-order valence-electron chi connectivity index (χ3n) is 3.53. The summed E-state index contributed by atoms with van der Waals surface area (Å²) in [7, 11) is -1.49. The van der Waals surface area contributed by atoms with Crippen molar-refractivity contribution in [3.8, 4) is 0 Å². The van der Waals surface area contributed by atoms with Gasteiger partial charge in [0.15, 0.2) is 0 Å². The highest BCUT2D eigenvalue weighted by molar-refractivity contribution is 7.91. The summed E-state index contributed by atoms with van der Waals surface area (Å²) >= 11 is 1.30. The van der Waals surface area contributed by atoms with E-state index < -0.39 is 10.0 Å². The molecule has 19 heavy (non-hydrogen) atoms. The van der Waals surface area contributed by atoms with Gasteiger partial charge in [-0.25, -0.2) is 13.1 Å². The molecule has 2 atom stereocenters. The third kappa shape index (κ3) is 4.02. The molecule has 2 N–H and O–H groups in total. The highest BCUT2D eigenvalue weighted by Crippen LogP contribution is 2.26. The zero-order valence-electron chi connectivity index (χ0n) is 11.5. The van der Waals surface area contributed by atoms with Gasteiger partial charge in [0.2, 0.25) is 10.0 Å². The van der Waals surface area contributed by atoms with Gasteiger partial charge in [-0.1, -0.05) is 19.8 Å². The average Bonchev–Trinajstić information content (AvgIpc) is 2.78. The second-order valence-corrected chi connectivity index (χ2v) is 8.25. The van der Waals surface area contributed by atoms with E-state index in [1.807, 2.05) is 12.4 Å². The maximum atomic E-state index is 12.3. The van der Waals surface area contributed by atoms with E-state index in [1.165, 1.54) is 17.8 Å². The van der Waals surface area contributed by atoms with Crippen molar-refractivity contribution in [2.24, 2.45) is 5.92 Å². The summed E-state index contributed by atoms with van der Waals surface area (Å²) in [5.74, 6) is 0.615. The van der Waals surface area contributed by atoms with Crippen molar-refractivity contribution in [1.82, 2.24) is 10.0 Å². The minimum absolute atomic E-state index is 0.101. The quantitative estimate of drug-likeness (QED) is 0.877. The first-order chi connectivity index (χ1) is 9.01. The molecule has 1 aliphatic carbocycles. The van der Waals surface area contributed by atoms with Gasteiger partial charge in [-0.15, -0.1) is 11.3 Å². The standard InChI is InChI=1S/C13H22N2O2S2/c1-10-4-3-5-12(6-10)15-19(16,17)13-7-11(8-14-2)9-18-13/h7,9-10,12,14-15H,3-6,8H2,1-2H3. The minimum atomic E-state index is -3.34. The van der Waals surface area contributed by atoms with Crippen LogP contribution in [0.3, 0.4) is 0 Å². The summed E-state index contributed by atoms with van der Waals surface area (Å²) in [6, 6.07) is 1.86. The summed E-state index contributed by atoms with van der Waals surface area (Å²) < 4.78 is 27.9. The molecule has 2 rings (SSSR count). The first-order valence-electron chi connectivity index (χ1n) is 6.75. The first-order valence-corrected chi connectivity index (χ1v) is 9.12. The fourth-order valence-corrected chi connectivity index (χ4v) is 5.12.